The minimum absolute atomic E-state index is 0.0107. The molecule has 1 aromatic carbocycles. The van der Waals surface area contributed by atoms with Gasteiger partial charge in [-0.2, -0.15) is 0 Å². The predicted molar refractivity (Wildman–Crippen MR) is 71.6 cm³/mol. The van der Waals surface area contributed by atoms with Crippen LogP contribution < -0.4 is 5.32 Å². The molecular weight excluding hydrogens is 228 g/mol. The second-order valence-electron chi connectivity index (χ2n) is 4.27. The van der Waals surface area contributed by atoms with Crippen molar-refractivity contribution in [2.45, 2.75) is 13.5 Å². The van der Waals surface area contributed by atoms with E-state index in [0.29, 0.717) is 19.7 Å². The minimum atomic E-state index is 0.0107. The van der Waals surface area contributed by atoms with E-state index >= 15 is 0 Å². The van der Waals surface area contributed by atoms with Gasteiger partial charge in [-0.3, -0.25) is 4.79 Å². The Morgan fingerprint density at radius 2 is 2.17 bits per heavy atom. The van der Waals surface area contributed by atoms with Crippen LogP contribution in [0.5, 0.6) is 0 Å². The van der Waals surface area contributed by atoms with Crippen molar-refractivity contribution in [2.24, 2.45) is 0 Å². The van der Waals surface area contributed by atoms with Crippen LogP contribution in [0.25, 0.3) is 10.9 Å². The highest BCUT2D eigenvalue weighted by Gasteiger charge is 2.08. The number of fused-ring (bicyclic) bond motifs is 1. The Labute approximate surface area is 107 Å². The molecular formula is C14H18N2O2. The Morgan fingerprint density at radius 1 is 1.39 bits per heavy atom. The van der Waals surface area contributed by atoms with Crippen molar-refractivity contribution in [3.63, 3.8) is 0 Å². The van der Waals surface area contributed by atoms with E-state index in [1.165, 1.54) is 5.39 Å². The van der Waals surface area contributed by atoms with Crippen molar-refractivity contribution in [1.82, 2.24) is 9.88 Å². The standard InChI is InChI=1S/C14H18N2O2/c1-11-9-12-5-3-4-6-13(12)16(11)10-14(17)15-7-8-18-2/h3-6,9H,7-8,10H2,1-2H3,(H,15,17). The fourth-order valence-corrected chi connectivity index (χ4v) is 2.05. The van der Waals surface area contributed by atoms with Crippen molar-refractivity contribution >= 4 is 16.8 Å². The molecule has 2 rings (SSSR count). The molecule has 1 aromatic heterocycles. The van der Waals surface area contributed by atoms with Gasteiger partial charge in [0.2, 0.25) is 5.91 Å². The first-order chi connectivity index (χ1) is 8.72. The van der Waals surface area contributed by atoms with E-state index in [1.54, 1.807) is 7.11 Å². The molecule has 0 aliphatic carbocycles. The summed E-state index contributed by atoms with van der Waals surface area (Å²) in [5.41, 5.74) is 2.19. The van der Waals surface area contributed by atoms with Gasteiger partial charge in [0.05, 0.1) is 6.61 Å². The van der Waals surface area contributed by atoms with Gasteiger partial charge >= 0.3 is 0 Å². The Bertz CT molecular complexity index is 546. The molecule has 0 saturated heterocycles. The summed E-state index contributed by atoms with van der Waals surface area (Å²) >= 11 is 0. The first-order valence-corrected chi connectivity index (χ1v) is 6.03. The maximum absolute atomic E-state index is 11.8. The molecule has 96 valence electrons. The first kappa shape index (κ1) is 12.6. The summed E-state index contributed by atoms with van der Waals surface area (Å²) in [7, 11) is 1.62. The molecule has 0 saturated carbocycles. The summed E-state index contributed by atoms with van der Waals surface area (Å²) in [6.45, 7) is 3.45. The second kappa shape index (κ2) is 5.69. The maximum Gasteiger partial charge on any atom is 0.240 e. The lowest BCUT2D eigenvalue weighted by Crippen LogP contribution is -2.30. The molecule has 18 heavy (non-hydrogen) atoms. The van der Waals surface area contributed by atoms with Gasteiger partial charge in [0.25, 0.3) is 0 Å². The molecule has 4 nitrogen and oxygen atoms in total. The summed E-state index contributed by atoms with van der Waals surface area (Å²) in [5.74, 6) is 0.0107. The van der Waals surface area contributed by atoms with Crippen molar-refractivity contribution in [1.29, 1.82) is 0 Å². The summed E-state index contributed by atoms with van der Waals surface area (Å²) in [6, 6.07) is 10.2. The van der Waals surface area contributed by atoms with Gasteiger partial charge in [-0.25, -0.2) is 0 Å². The van der Waals surface area contributed by atoms with Crippen molar-refractivity contribution < 1.29 is 9.53 Å². The largest absolute Gasteiger partial charge is 0.383 e. The zero-order chi connectivity index (χ0) is 13.0. The molecule has 1 amide bonds. The van der Waals surface area contributed by atoms with Crippen LogP contribution in [0.4, 0.5) is 0 Å². The normalized spacial score (nSPS) is 10.8. The van der Waals surface area contributed by atoms with E-state index in [-0.39, 0.29) is 5.91 Å². The molecule has 4 heteroatoms. The molecule has 0 radical (unpaired) electrons. The average Bonchev–Trinajstić information content (AvgIpc) is 2.67. The van der Waals surface area contributed by atoms with Crippen LogP contribution >= 0.6 is 0 Å². The number of carbonyl (C=O) groups excluding carboxylic acids is 1. The van der Waals surface area contributed by atoms with Crippen LogP contribution in [0.2, 0.25) is 0 Å². The third-order valence-corrected chi connectivity index (χ3v) is 2.95. The zero-order valence-corrected chi connectivity index (χ0v) is 10.8. The highest BCUT2D eigenvalue weighted by molar-refractivity contribution is 5.84. The predicted octanol–water partition coefficient (Wildman–Crippen LogP) is 1.71. The molecule has 1 heterocycles. The van der Waals surface area contributed by atoms with Crippen LogP contribution in [0.1, 0.15) is 5.69 Å². The number of ether oxygens (including phenoxy) is 1. The molecule has 2 aromatic rings. The lowest BCUT2D eigenvalue weighted by molar-refractivity contribution is -0.121. The van der Waals surface area contributed by atoms with Crippen LogP contribution in [0, 0.1) is 6.92 Å². The monoisotopic (exact) mass is 246 g/mol. The van der Waals surface area contributed by atoms with Crippen LogP contribution in [0.15, 0.2) is 30.3 Å². The fourth-order valence-electron chi connectivity index (χ4n) is 2.05. The third kappa shape index (κ3) is 2.71. The SMILES string of the molecule is COCCNC(=O)Cn1c(C)cc2ccccc21. The topological polar surface area (TPSA) is 43.3 Å². The van der Waals surface area contributed by atoms with Crippen molar-refractivity contribution in [3.05, 3.63) is 36.0 Å². The van der Waals surface area contributed by atoms with Crippen LogP contribution in [-0.4, -0.2) is 30.7 Å². The Hall–Kier alpha value is -1.81. The molecule has 0 bridgehead atoms. The zero-order valence-electron chi connectivity index (χ0n) is 10.8. The number of aromatic nitrogens is 1. The molecule has 0 aliphatic rings. The molecule has 1 N–H and O–H groups in total. The van der Waals surface area contributed by atoms with Gasteiger partial charge in [-0.1, -0.05) is 18.2 Å². The second-order valence-corrected chi connectivity index (χ2v) is 4.27. The van der Waals surface area contributed by atoms with Crippen molar-refractivity contribution in [3.8, 4) is 0 Å². The Balaban J connectivity index is 2.11. The maximum atomic E-state index is 11.8. The number of hydrogen-bond donors (Lipinski definition) is 1. The van der Waals surface area contributed by atoms with Gasteiger partial charge in [0, 0.05) is 24.9 Å². The molecule has 0 spiro atoms. The summed E-state index contributed by atoms with van der Waals surface area (Å²) in [5, 5.41) is 4.00. The van der Waals surface area contributed by atoms with Crippen molar-refractivity contribution in [2.75, 3.05) is 20.3 Å². The number of nitrogens with one attached hydrogen (secondary N) is 1. The number of hydrogen-bond acceptors (Lipinski definition) is 2. The highest BCUT2D eigenvalue weighted by Crippen LogP contribution is 2.18. The molecule has 0 atom stereocenters. The Morgan fingerprint density at radius 3 is 2.94 bits per heavy atom. The summed E-state index contributed by atoms with van der Waals surface area (Å²) in [4.78, 5) is 11.8. The summed E-state index contributed by atoms with van der Waals surface area (Å²) in [6.07, 6.45) is 0. The number of nitrogens with zero attached hydrogens (tertiary/aromatic N) is 1. The summed E-state index contributed by atoms with van der Waals surface area (Å²) < 4.78 is 6.93. The lowest BCUT2D eigenvalue weighted by Gasteiger charge is -2.09. The van der Waals surface area contributed by atoms with Gasteiger partial charge in [0.15, 0.2) is 0 Å². The van der Waals surface area contributed by atoms with E-state index in [4.69, 9.17) is 4.74 Å². The number of aryl methyl sites for hydroxylation is 1. The van der Waals surface area contributed by atoms with Gasteiger partial charge in [0.1, 0.15) is 6.54 Å². The Kier molecular flexibility index (Phi) is 3.99. The fraction of sp³-hybridized carbons (Fsp3) is 0.357. The molecule has 0 unspecified atom stereocenters. The quantitative estimate of drug-likeness (QED) is 0.816. The number of carbonyl (C=O) groups is 1. The minimum Gasteiger partial charge on any atom is -0.383 e. The average molecular weight is 246 g/mol. The molecule has 0 fully saturated rings. The van der Waals surface area contributed by atoms with Gasteiger partial charge in [-0.15, -0.1) is 0 Å². The van der Waals surface area contributed by atoms with Crippen LogP contribution in [0.3, 0.4) is 0 Å². The number of rotatable bonds is 5. The lowest BCUT2D eigenvalue weighted by atomic mass is 10.2. The third-order valence-electron chi connectivity index (χ3n) is 2.95. The first-order valence-electron chi connectivity index (χ1n) is 6.03. The number of para-hydroxylation sites is 1. The number of methoxy groups -OCH3 is 1. The van der Waals surface area contributed by atoms with E-state index in [1.807, 2.05) is 29.7 Å². The highest BCUT2D eigenvalue weighted by atomic mass is 16.5. The van der Waals surface area contributed by atoms with E-state index in [2.05, 4.69) is 17.4 Å². The van der Waals surface area contributed by atoms with E-state index in [9.17, 15) is 4.79 Å². The number of benzene rings is 1. The van der Waals surface area contributed by atoms with Gasteiger partial charge < -0.3 is 14.6 Å². The van der Waals surface area contributed by atoms with Crippen LogP contribution in [-0.2, 0) is 16.1 Å². The van der Waals surface area contributed by atoms with Gasteiger partial charge in [-0.05, 0) is 24.4 Å². The smallest absolute Gasteiger partial charge is 0.240 e. The van der Waals surface area contributed by atoms with E-state index in [0.717, 1.165) is 11.2 Å². The number of amides is 1. The molecule has 0 aliphatic heterocycles. The van der Waals surface area contributed by atoms with E-state index < -0.39 is 0 Å².